The topological polar surface area (TPSA) is 66.8 Å². The molecule has 1 aromatic carbocycles. The number of fused-ring (bicyclic) bond motifs is 1. The molecule has 5 nitrogen and oxygen atoms in total. The Labute approximate surface area is 120 Å². The summed E-state index contributed by atoms with van der Waals surface area (Å²) in [5, 5.41) is 9.22. The van der Waals surface area contributed by atoms with Crippen molar-refractivity contribution in [1.82, 2.24) is 0 Å². The summed E-state index contributed by atoms with van der Waals surface area (Å²) in [6, 6.07) is 5.99. The number of aliphatic carboxylic acids is 1. The molecule has 1 heterocycles. The number of anilines is 1. The number of halogens is 2. The van der Waals surface area contributed by atoms with Crippen LogP contribution in [0.25, 0.3) is 0 Å². The molecule has 0 saturated heterocycles. The highest BCUT2D eigenvalue weighted by Gasteiger charge is 2.37. The Balaban J connectivity index is 2.04. The molecule has 1 atom stereocenters. The van der Waals surface area contributed by atoms with Crippen molar-refractivity contribution in [3.05, 3.63) is 29.8 Å². The van der Waals surface area contributed by atoms with E-state index < -0.39 is 31.0 Å². The molecule has 1 aromatic rings. The second-order valence-electron chi connectivity index (χ2n) is 4.67. The highest BCUT2D eigenvalue weighted by Crippen LogP contribution is 2.32. The van der Waals surface area contributed by atoms with Gasteiger partial charge in [0.25, 0.3) is 6.43 Å². The molecular formula is C14H15F2NO4. The Morgan fingerprint density at radius 3 is 2.76 bits per heavy atom. The van der Waals surface area contributed by atoms with Crippen LogP contribution >= 0.6 is 0 Å². The van der Waals surface area contributed by atoms with Gasteiger partial charge in [0.05, 0.1) is 13.0 Å². The van der Waals surface area contributed by atoms with Gasteiger partial charge in [0, 0.05) is 12.1 Å². The second-order valence-corrected chi connectivity index (χ2v) is 4.67. The maximum absolute atomic E-state index is 12.2. The summed E-state index contributed by atoms with van der Waals surface area (Å²) in [5.74, 6) is -1.53. The highest BCUT2D eigenvalue weighted by atomic mass is 19.3. The standard InChI is InChI=1S/C14H15F2NO4/c15-12(16)8-21-6-5-13(18)17-10-4-2-1-3-9(10)7-11(17)14(19)20/h1-4,11-12H,5-8H2,(H,19,20). The molecule has 1 amide bonds. The second kappa shape index (κ2) is 6.62. The molecule has 1 unspecified atom stereocenters. The summed E-state index contributed by atoms with van der Waals surface area (Å²) in [6.45, 7) is -0.888. The van der Waals surface area contributed by atoms with Crippen molar-refractivity contribution >= 4 is 17.6 Å². The zero-order chi connectivity index (χ0) is 15.4. The SMILES string of the molecule is O=C(O)C1Cc2ccccc2N1C(=O)CCOCC(F)F. The zero-order valence-electron chi connectivity index (χ0n) is 11.2. The normalized spacial score (nSPS) is 17.1. The van der Waals surface area contributed by atoms with Crippen LogP contribution in [0.4, 0.5) is 14.5 Å². The lowest BCUT2D eigenvalue weighted by atomic mass is 10.1. The van der Waals surface area contributed by atoms with Gasteiger partial charge < -0.3 is 9.84 Å². The van der Waals surface area contributed by atoms with Crippen LogP contribution in [0.3, 0.4) is 0 Å². The number of amides is 1. The van der Waals surface area contributed by atoms with Gasteiger partial charge in [-0.3, -0.25) is 9.69 Å². The van der Waals surface area contributed by atoms with Crippen molar-refractivity contribution in [3.8, 4) is 0 Å². The number of para-hydroxylation sites is 1. The van der Waals surface area contributed by atoms with Gasteiger partial charge in [-0.15, -0.1) is 0 Å². The van der Waals surface area contributed by atoms with Crippen LogP contribution in [0.2, 0.25) is 0 Å². The molecule has 0 aliphatic carbocycles. The van der Waals surface area contributed by atoms with Gasteiger partial charge in [-0.1, -0.05) is 18.2 Å². The fraction of sp³-hybridized carbons (Fsp3) is 0.429. The molecule has 0 bridgehead atoms. The maximum Gasteiger partial charge on any atom is 0.327 e. The number of hydrogen-bond acceptors (Lipinski definition) is 3. The van der Waals surface area contributed by atoms with Crippen molar-refractivity contribution in [2.75, 3.05) is 18.1 Å². The van der Waals surface area contributed by atoms with Gasteiger partial charge in [-0.25, -0.2) is 13.6 Å². The fourth-order valence-corrected chi connectivity index (χ4v) is 2.34. The van der Waals surface area contributed by atoms with E-state index in [0.29, 0.717) is 5.69 Å². The van der Waals surface area contributed by atoms with E-state index in [1.807, 2.05) is 0 Å². The first-order chi connectivity index (χ1) is 10.0. The molecule has 1 aliphatic heterocycles. The number of benzene rings is 1. The molecule has 1 N–H and O–H groups in total. The lowest BCUT2D eigenvalue weighted by Gasteiger charge is -2.22. The Morgan fingerprint density at radius 1 is 1.38 bits per heavy atom. The average molecular weight is 299 g/mol. The molecule has 0 spiro atoms. The summed E-state index contributed by atoms with van der Waals surface area (Å²) in [7, 11) is 0. The summed E-state index contributed by atoms with van der Waals surface area (Å²) in [6.07, 6.45) is -2.47. The predicted molar refractivity (Wildman–Crippen MR) is 70.5 cm³/mol. The number of carboxylic acids is 1. The van der Waals surface area contributed by atoms with Crippen molar-refractivity contribution < 1.29 is 28.2 Å². The molecule has 0 saturated carbocycles. The van der Waals surface area contributed by atoms with Gasteiger partial charge >= 0.3 is 5.97 Å². The van der Waals surface area contributed by atoms with Gasteiger partial charge in [-0.2, -0.15) is 0 Å². The van der Waals surface area contributed by atoms with E-state index in [1.165, 1.54) is 4.90 Å². The van der Waals surface area contributed by atoms with Crippen molar-refractivity contribution in [2.45, 2.75) is 25.3 Å². The first-order valence-electron chi connectivity index (χ1n) is 6.49. The largest absolute Gasteiger partial charge is 0.480 e. The molecular weight excluding hydrogens is 284 g/mol. The predicted octanol–water partition coefficient (Wildman–Crippen LogP) is 1.70. The van der Waals surface area contributed by atoms with E-state index >= 15 is 0 Å². The third-order valence-electron chi connectivity index (χ3n) is 3.23. The van der Waals surface area contributed by atoms with Crippen molar-refractivity contribution in [3.63, 3.8) is 0 Å². The smallest absolute Gasteiger partial charge is 0.327 e. The van der Waals surface area contributed by atoms with E-state index in [1.54, 1.807) is 24.3 Å². The molecule has 7 heteroatoms. The van der Waals surface area contributed by atoms with Crippen LogP contribution < -0.4 is 4.90 Å². The lowest BCUT2D eigenvalue weighted by molar-refractivity contribution is -0.140. The minimum atomic E-state index is -2.58. The minimum absolute atomic E-state index is 0.134. The Kier molecular flexibility index (Phi) is 4.85. The first kappa shape index (κ1) is 15.4. The van der Waals surface area contributed by atoms with Gasteiger partial charge in [0.2, 0.25) is 5.91 Å². The van der Waals surface area contributed by atoms with Crippen LogP contribution in [-0.2, 0) is 20.7 Å². The zero-order valence-corrected chi connectivity index (χ0v) is 11.2. The molecule has 21 heavy (non-hydrogen) atoms. The molecule has 0 fully saturated rings. The quantitative estimate of drug-likeness (QED) is 0.812. The molecule has 0 radical (unpaired) electrons. The lowest BCUT2D eigenvalue weighted by Crippen LogP contribution is -2.43. The summed E-state index contributed by atoms with van der Waals surface area (Å²) in [4.78, 5) is 24.7. The molecule has 1 aliphatic rings. The minimum Gasteiger partial charge on any atom is -0.480 e. The number of hydrogen-bond donors (Lipinski definition) is 1. The first-order valence-corrected chi connectivity index (χ1v) is 6.49. The van der Waals surface area contributed by atoms with E-state index in [4.69, 9.17) is 0 Å². The van der Waals surface area contributed by atoms with Crippen LogP contribution in [0.5, 0.6) is 0 Å². The fourth-order valence-electron chi connectivity index (χ4n) is 2.34. The highest BCUT2D eigenvalue weighted by molar-refractivity contribution is 6.01. The summed E-state index contributed by atoms with van der Waals surface area (Å²) < 4.78 is 28.5. The summed E-state index contributed by atoms with van der Waals surface area (Å²) >= 11 is 0. The Morgan fingerprint density at radius 2 is 2.10 bits per heavy atom. The van der Waals surface area contributed by atoms with Gasteiger partial charge in [0.1, 0.15) is 12.6 Å². The number of ether oxygens (including phenoxy) is 1. The third kappa shape index (κ3) is 3.55. The molecule has 114 valence electrons. The molecule has 2 rings (SSSR count). The van der Waals surface area contributed by atoms with Crippen LogP contribution in [0, 0.1) is 0 Å². The number of carbonyl (C=O) groups is 2. The monoisotopic (exact) mass is 299 g/mol. The average Bonchev–Trinajstić information content (AvgIpc) is 2.83. The Hall–Kier alpha value is -2.02. The van der Waals surface area contributed by atoms with E-state index in [-0.39, 0.29) is 19.4 Å². The van der Waals surface area contributed by atoms with E-state index in [9.17, 15) is 23.5 Å². The van der Waals surface area contributed by atoms with E-state index in [0.717, 1.165) is 5.56 Å². The van der Waals surface area contributed by atoms with Crippen LogP contribution in [-0.4, -0.2) is 42.7 Å². The van der Waals surface area contributed by atoms with Crippen LogP contribution in [0.15, 0.2) is 24.3 Å². The van der Waals surface area contributed by atoms with Gasteiger partial charge in [0.15, 0.2) is 0 Å². The number of nitrogens with zero attached hydrogens (tertiary/aromatic N) is 1. The van der Waals surface area contributed by atoms with E-state index in [2.05, 4.69) is 4.74 Å². The van der Waals surface area contributed by atoms with Crippen molar-refractivity contribution in [2.24, 2.45) is 0 Å². The van der Waals surface area contributed by atoms with Gasteiger partial charge in [-0.05, 0) is 11.6 Å². The number of alkyl halides is 2. The summed E-state index contributed by atoms with van der Waals surface area (Å²) in [5.41, 5.74) is 1.34. The maximum atomic E-state index is 12.2. The number of carbonyl (C=O) groups excluding carboxylic acids is 1. The third-order valence-corrected chi connectivity index (χ3v) is 3.23. The van der Waals surface area contributed by atoms with Crippen LogP contribution in [0.1, 0.15) is 12.0 Å². The number of rotatable bonds is 6. The number of carboxylic acid groups (broad SMARTS) is 1. The Bertz CT molecular complexity index is 535. The molecule has 0 aromatic heterocycles. The van der Waals surface area contributed by atoms with Crippen molar-refractivity contribution in [1.29, 1.82) is 0 Å².